The number of pyridine rings is 2. The van der Waals surface area contributed by atoms with Crippen LogP contribution in [0.25, 0.3) is 55.9 Å². The molecule has 0 fully saturated rings. The molecule has 0 amide bonds. The Morgan fingerprint density at radius 1 is 0.725 bits per heavy atom. The fourth-order valence-electron chi connectivity index (χ4n) is 5.12. The molecule has 0 atom stereocenters. The van der Waals surface area contributed by atoms with Crippen molar-refractivity contribution < 1.29 is 5.11 Å². The summed E-state index contributed by atoms with van der Waals surface area (Å²) in [5.74, 6) is 0.910. The number of hydrogen-bond donors (Lipinski definition) is 1. The first-order valence-corrected chi connectivity index (χ1v) is 17.0. The molecule has 5 nitrogen and oxygen atoms in total. The molecule has 0 aliphatic rings. The fourth-order valence-corrected chi connectivity index (χ4v) is 6.15. The second-order valence-corrected chi connectivity index (χ2v) is 16.5. The average molecular weight is 541 g/mol. The predicted molar refractivity (Wildman–Crippen MR) is 167 cm³/mol. The third-order valence-electron chi connectivity index (χ3n) is 7.46. The minimum Gasteiger partial charge on any atom is -0.507 e. The Morgan fingerprint density at radius 3 is 2.20 bits per heavy atom. The molecule has 198 valence electrons. The highest BCUT2D eigenvalue weighted by Crippen LogP contribution is 2.37. The van der Waals surface area contributed by atoms with E-state index in [4.69, 9.17) is 9.97 Å². The summed E-state index contributed by atoms with van der Waals surface area (Å²) in [5, 5.41) is 12.0. The molecule has 0 spiro atoms. The van der Waals surface area contributed by atoms with Crippen molar-refractivity contribution in [3.8, 4) is 50.6 Å². The minimum atomic E-state index is -1.45. The molecule has 1 N–H and O–H groups in total. The van der Waals surface area contributed by atoms with Crippen LogP contribution in [0.4, 0.5) is 0 Å². The maximum Gasteiger partial charge on any atom is 0.144 e. The topological polar surface area (TPSA) is 63.8 Å². The molecule has 0 saturated carbocycles. The smallest absolute Gasteiger partial charge is 0.144 e. The van der Waals surface area contributed by atoms with Crippen LogP contribution in [0.5, 0.6) is 5.75 Å². The molecule has 6 heteroatoms. The lowest BCUT2D eigenvalue weighted by atomic mass is 9.95. The second-order valence-electron chi connectivity index (χ2n) is 11.4. The van der Waals surface area contributed by atoms with Crippen LogP contribution < -0.4 is 5.19 Å². The third-order valence-corrected chi connectivity index (χ3v) is 9.49. The summed E-state index contributed by atoms with van der Waals surface area (Å²) in [6.45, 7) is 9.02. The van der Waals surface area contributed by atoms with Gasteiger partial charge in [0, 0.05) is 30.6 Å². The van der Waals surface area contributed by atoms with Crippen molar-refractivity contribution in [1.82, 2.24) is 19.5 Å². The maximum absolute atomic E-state index is 10.6. The van der Waals surface area contributed by atoms with Crippen molar-refractivity contribution in [2.45, 2.75) is 26.6 Å². The molecule has 0 radical (unpaired) electrons. The average Bonchev–Trinajstić information content (AvgIpc) is 3.30. The number of aromatic nitrogens is 4. The van der Waals surface area contributed by atoms with Gasteiger partial charge in [0.2, 0.25) is 0 Å². The molecule has 3 aromatic carbocycles. The summed E-state index contributed by atoms with van der Waals surface area (Å²) >= 11 is 0. The Hall–Kier alpha value is -4.55. The van der Waals surface area contributed by atoms with Gasteiger partial charge in [0.05, 0.1) is 31.0 Å². The Labute approximate surface area is 235 Å². The molecule has 0 saturated heterocycles. The van der Waals surface area contributed by atoms with Gasteiger partial charge in [-0.3, -0.25) is 9.97 Å². The molecule has 0 unspecified atom stereocenters. The van der Waals surface area contributed by atoms with Gasteiger partial charge < -0.3 is 9.67 Å². The molecular formula is C34H32N4OSi. The normalized spacial score (nSPS) is 11.7. The van der Waals surface area contributed by atoms with Crippen molar-refractivity contribution in [3.05, 3.63) is 103 Å². The van der Waals surface area contributed by atoms with Gasteiger partial charge in [-0.1, -0.05) is 67.7 Å². The van der Waals surface area contributed by atoms with E-state index in [0.29, 0.717) is 11.4 Å². The van der Waals surface area contributed by atoms with E-state index in [-0.39, 0.29) is 5.75 Å². The summed E-state index contributed by atoms with van der Waals surface area (Å²) in [4.78, 5) is 14.6. The summed E-state index contributed by atoms with van der Waals surface area (Å²) in [5.41, 5.74) is 9.68. The number of phenols is 1. The monoisotopic (exact) mass is 540 g/mol. The third kappa shape index (κ3) is 4.71. The van der Waals surface area contributed by atoms with Gasteiger partial charge in [-0.2, -0.15) is 0 Å². The quantitative estimate of drug-likeness (QED) is 0.229. The van der Waals surface area contributed by atoms with Crippen LogP contribution in [0.1, 0.15) is 5.56 Å². The van der Waals surface area contributed by atoms with Crippen molar-refractivity contribution in [3.63, 3.8) is 0 Å². The van der Waals surface area contributed by atoms with Crippen LogP contribution in [0, 0.1) is 6.92 Å². The predicted octanol–water partition coefficient (Wildman–Crippen LogP) is 7.59. The van der Waals surface area contributed by atoms with Gasteiger partial charge in [0.25, 0.3) is 0 Å². The first-order valence-electron chi connectivity index (χ1n) is 13.5. The van der Waals surface area contributed by atoms with Crippen LogP contribution in [-0.4, -0.2) is 32.7 Å². The lowest BCUT2D eigenvalue weighted by molar-refractivity contribution is 0.476. The van der Waals surface area contributed by atoms with E-state index >= 15 is 0 Å². The minimum absolute atomic E-state index is 0.208. The zero-order valence-corrected chi connectivity index (χ0v) is 24.5. The standard InChI is InChI=1S/C34H32N4OSi/c1-22-11-14-32(39)28(15-22)34-37-33-29(20-35-21-31(33)38(34)2)25-16-24(23-9-7-6-8-10-23)17-26(18-25)30-13-12-27(19-36-30)40(3,4)5/h6-21,39H,1-5H3. The largest absolute Gasteiger partial charge is 0.507 e. The van der Waals surface area contributed by atoms with Crippen LogP contribution in [0.2, 0.25) is 19.6 Å². The second kappa shape index (κ2) is 9.88. The first-order chi connectivity index (χ1) is 19.2. The summed E-state index contributed by atoms with van der Waals surface area (Å²) in [6, 6.07) is 26.9. The zero-order valence-electron chi connectivity index (χ0n) is 23.5. The molecule has 0 bridgehead atoms. The summed E-state index contributed by atoms with van der Waals surface area (Å²) in [6.07, 6.45) is 5.75. The van der Waals surface area contributed by atoms with E-state index in [2.05, 4.69) is 79.2 Å². The number of rotatable bonds is 5. The molecule has 3 aromatic heterocycles. The van der Waals surface area contributed by atoms with Gasteiger partial charge in [-0.15, -0.1) is 0 Å². The van der Waals surface area contributed by atoms with Crippen LogP contribution in [-0.2, 0) is 7.05 Å². The van der Waals surface area contributed by atoms with Gasteiger partial charge in [0.1, 0.15) is 17.1 Å². The van der Waals surface area contributed by atoms with Crippen molar-refractivity contribution in [2.75, 3.05) is 0 Å². The molecule has 40 heavy (non-hydrogen) atoms. The SMILES string of the molecule is Cc1ccc(O)c(-c2nc3c(-c4cc(-c5ccccc5)cc(-c5ccc([Si](C)(C)C)cn5)c4)cncc3n2C)c1. The van der Waals surface area contributed by atoms with Crippen molar-refractivity contribution in [2.24, 2.45) is 7.05 Å². The van der Waals surface area contributed by atoms with Crippen molar-refractivity contribution >= 4 is 24.3 Å². The van der Waals surface area contributed by atoms with E-state index in [1.165, 1.54) is 5.19 Å². The van der Waals surface area contributed by atoms with Gasteiger partial charge in [-0.05, 0) is 65.2 Å². The van der Waals surface area contributed by atoms with E-state index < -0.39 is 8.07 Å². The van der Waals surface area contributed by atoms with E-state index in [9.17, 15) is 5.11 Å². The highest BCUT2D eigenvalue weighted by molar-refractivity contribution is 6.88. The molecular weight excluding hydrogens is 508 g/mol. The van der Waals surface area contributed by atoms with Crippen LogP contribution >= 0.6 is 0 Å². The number of nitrogens with zero attached hydrogens (tertiary/aromatic N) is 4. The number of phenolic OH excluding ortho intramolecular Hbond substituents is 1. The summed E-state index contributed by atoms with van der Waals surface area (Å²) < 4.78 is 2.00. The number of aromatic hydroxyl groups is 1. The molecule has 0 aliphatic carbocycles. The van der Waals surface area contributed by atoms with Gasteiger partial charge in [-0.25, -0.2) is 4.98 Å². The highest BCUT2D eigenvalue weighted by Gasteiger charge is 2.19. The van der Waals surface area contributed by atoms with Crippen LogP contribution in [0.15, 0.2) is 97.5 Å². The van der Waals surface area contributed by atoms with Gasteiger partial charge >= 0.3 is 0 Å². The number of hydrogen-bond acceptors (Lipinski definition) is 4. The lowest BCUT2D eigenvalue weighted by Crippen LogP contribution is -2.37. The molecule has 6 aromatic rings. The maximum atomic E-state index is 10.6. The number of imidazole rings is 1. The van der Waals surface area contributed by atoms with Crippen molar-refractivity contribution in [1.29, 1.82) is 0 Å². The van der Waals surface area contributed by atoms with E-state index in [1.54, 1.807) is 6.07 Å². The van der Waals surface area contributed by atoms with Crippen LogP contribution in [0.3, 0.4) is 0 Å². The fraction of sp³-hybridized carbons (Fsp3) is 0.147. The Morgan fingerprint density at radius 2 is 1.48 bits per heavy atom. The van der Waals surface area contributed by atoms with Gasteiger partial charge in [0.15, 0.2) is 0 Å². The summed E-state index contributed by atoms with van der Waals surface area (Å²) in [7, 11) is 0.513. The molecule has 3 heterocycles. The van der Waals surface area contributed by atoms with E-state index in [0.717, 1.165) is 50.1 Å². The zero-order chi connectivity index (χ0) is 28.0. The Bertz CT molecular complexity index is 1850. The lowest BCUT2D eigenvalue weighted by Gasteiger charge is -2.16. The van der Waals surface area contributed by atoms with E-state index in [1.807, 2.05) is 55.3 Å². The first kappa shape index (κ1) is 25.7. The molecule has 0 aliphatic heterocycles. The number of benzene rings is 3. The molecule has 6 rings (SSSR count). The highest BCUT2D eigenvalue weighted by atomic mass is 28.3. The number of aryl methyl sites for hydroxylation is 2. The Balaban J connectivity index is 1.56. The Kier molecular flexibility index (Phi) is 6.35. The number of fused-ring (bicyclic) bond motifs is 1.